The molecule has 0 unspecified atom stereocenters. The van der Waals surface area contributed by atoms with E-state index < -0.39 is 6.09 Å². The van der Waals surface area contributed by atoms with Gasteiger partial charge >= 0.3 is 6.09 Å². The molecule has 126 valence electrons. The molecule has 0 atom stereocenters. The smallest absolute Gasteiger partial charge is 0.413 e. The molecule has 0 fully saturated rings. The minimum absolute atomic E-state index is 0.0784. The lowest BCUT2D eigenvalue weighted by atomic mass is 10.2. The standard InChI is InChI=1S/C16H17N3O4S/c1-2-22-16(21)18-15-17-12-7-8-19(10-13(12)24-15)14(20)6-5-11-4-3-9-23-11/h3-6,9H,2,7-8,10H2,1H3,(H,17,18,21)/b6-5+. The second-order valence-electron chi connectivity index (χ2n) is 5.09. The summed E-state index contributed by atoms with van der Waals surface area (Å²) in [5.74, 6) is 0.560. The van der Waals surface area contributed by atoms with Crippen LogP contribution in [0.3, 0.4) is 0 Å². The number of ether oxygens (including phenoxy) is 1. The fraction of sp³-hybridized carbons (Fsp3) is 0.312. The third-order valence-corrected chi connectivity index (χ3v) is 4.46. The topological polar surface area (TPSA) is 84.7 Å². The van der Waals surface area contributed by atoms with Gasteiger partial charge in [-0.05, 0) is 25.1 Å². The molecule has 1 aliphatic rings. The van der Waals surface area contributed by atoms with Crippen LogP contribution in [-0.4, -0.2) is 35.0 Å². The van der Waals surface area contributed by atoms with E-state index in [9.17, 15) is 9.59 Å². The number of nitrogens with one attached hydrogen (secondary N) is 1. The van der Waals surface area contributed by atoms with Crippen LogP contribution in [0.25, 0.3) is 6.08 Å². The van der Waals surface area contributed by atoms with Crippen LogP contribution in [0.2, 0.25) is 0 Å². The maximum atomic E-state index is 12.3. The molecule has 2 amide bonds. The van der Waals surface area contributed by atoms with Crippen molar-refractivity contribution >= 4 is 34.5 Å². The normalized spacial score (nSPS) is 13.8. The van der Waals surface area contributed by atoms with Crippen molar-refractivity contribution < 1.29 is 18.7 Å². The van der Waals surface area contributed by atoms with Gasteiger partial charge in [0, 0.05) is 23.9 Å². The Hall–Kier alpha value is -2.61. The Bertz CT molecular complexity index is 751. The van der Waals surface area contributed by atoms with Gasteiger partial charge in [0.25, 0.3) is 0 Å². The summed E-state index contributed by atoms with van der Waals surface area (Å²) in [5.41, 5.74) is 0.922. The first kappa shape index (κ1) is 16.3. The molecule has 3 heterocycles. The molecule has 2 aromatic rings. The first-order valence-electron chi connectivity index (χ1n) is 7.58. The molecule has 0 saturated heterocycles. The Morgan fingerprint density at radius 3 is 3.17 bits per heavy atom. The third-order valence-electron chi connectivity index (χ3n) is 3.46. The Morgan fingerprint density at radius 1 is 1.54 bits per heavy atom. The lowest BCUT2D eigenvalue weighted by Gasteiger charge is -2.24. The molecule has 24 heavy (non-hydrogen) atoms. The highest BCUT2D eigenvalue weighted by Crippen LogP contribution is 2.28. The molecule has 2 aromatic heterocycles. The molecule has 7 nitrogen and oxygen atoms in total. The van der Waals surface area contributed by atoms with E-state index in [2.05, 4.69) is 10.3 Å². The lowest BCUT2D eigenvalue weighted by Crippen LogP contribution is -2.34. The van der Waals surface area contributed by atoms with Gasteiger partial charge in [-0.2, -0.15) is 0 Å². The van der Waals surface area contributed by atoms with Crippen molar-refractivity contribution in [3.63, 3.8) is 0 Å². The van der Waals surface area contributed by atoms with Gasteiger partial charge in [0.15, 0.2) is 5.13 Å². The van der Waals surface area contributed by atoms with E-state index in [0.717, 1.165) is 10.6 Å². The number of thiazole rings is 1. The van der Waals surface area contributed by atoms with Gasteiger partial charge in [-0.25, -0.2) is 9.78 Å². The second-order valence-corrected chi connectivity index (χ2v) is 6.18. The van der Waals surface area contributed by atoms with E-state index in [4.69, 9.17) is 9.15 Å². The maximum Gasteiger partial charge on any atom is 0.413 e. The van der Waals surface area contributed by atoms with E-state index in [0.29, 0.717) is 37.0 Å². The summed E-state index contributed by atoms with van der Waals surface area (Å²) in [6.45, 7) is 3.13. The average Bonchev–Trinajstić information content (AvgIpc) is 3.20. The number of hydrogen-bond donors (Lipinski definition) is 1. The molecule has 0 aliphatic carbocycles. The highest BCUT2D eigenvalue weighted by molar-refractivity contribution is 7.15. The summed E-state index contributed by atoms with van der Waals surface area (Å²) in [5, 5.41) is 3.10. The Balaban J connectivity index is 1.62. The highest BCUT2D eigenvalue weighted by atomic mass is 32.1. The monoisotopic (exact) mass is 347 g/mol. The van der Waals surface area contributed by atoms with E-state index in [-0.39, 0.29) is 5.91 Å². The van der Waals surface area contributed by atoms with Crippen molar-refractivity contribution in [2.75, 3.05) is 18.5 Å². The molecule has 1 N–H and O–H groups in total. The largest absolute Gasteiger partial charge is 0.465 e. The average molecular weight is 347 g/mol. The number of hydrogen-bond acceptors (Lipinski definition) is 6. The van der Waals surface area contributed by atoms with Gasteiger partial charge in [-0.1, -0.05) is 11.3 Å². The number of carbonyl (C=O) groups is 2. The maximum absolute atomic E-state index is 12.3. The molecular weight excluding hydrogens is 330 g/mol. The van der Waals surface area contributed by atoms with Gasteiger partial charge in [-0.3, -0.25) is 10.1 Å². The Morgan fingerprint density at radius 2 is 2.42 bits per heavy atom. The molecule has 0 aromatic carbocycles. The van der Waals surface area contributed by atoms with Crippen molar-refractivity contribution in [2.24, 2.45) is 0 Å². The molecule has 3 rings (SSSR count). The summed E-state index contributed by atoms with van der Waals surface area (Å²) in [6.07, 6.45) is 4.86. The van der Waals surface area contributed by atoms with Crippen molar-refractivity contribution in [2.45, 2.75) is 19.9 Å². The number of anilines is 1. The molecular formula is C16H17N3O4S. The zero-order valence-electron chi connectivity index (χ0n) is 13.2. The Kier molecular flexibility index (Phi) is 4.95. The van der Waals surface area contributed by atoms with Crippen LogP contribution in [0.15, 0.2) is 28.9 Å². The SMILES string of the molecule is CCOC(=O)Nc1nc2c(s1)CN(C(=O)/C=C/c1ccco1)CC2. The van der Waals surface area contributed by atoms with Crippen molar-refractivity contribution in [1.29, 1.82) is 0 Å². The minimum Gasteiger partial charge on any atom is -0.465 e. The fourth-order valence-electron chi connectivity index (χ4n) is 2.34. The number of carbonyl (C=O) groups excluding carboxylic acids is 2. The predicted octanol–water partition coefficient (Wildman–Crippen LogP) is 2.90. The van der Waals surface area contributed by atoms with E-state index in [1.165, 1.54) is 17.4 Å². The number of rotatable bonds is 4. The second kappa shape index (κ2) is 7.31. The number of nitrogens with zero attached hydrogens (tertiary/aromatic N) is 2. The van der Waals surface area contributed by atoms with Crippen molar-refractivity contribution in [3.05, 3.63) is 40.8 Å². The summed E-state index contributed by atoms with van der Waals surface area (Å²) >= 11 is 1.37. The van der Waals surface area contributed by atoms with Gasteiger partial charge in [0.2, 0.25) is 5.91 Å². The first-order valence-corrected chi connectivity index (χ1v) is 8.40. The molecule has 1 aliphatic heterocycles. The van der Waals surface area contributed by atoms with Crippen molar-refractivity contribution in [1.82, 2.24) is 9.88 Å². The van der Waals surface area contributed by atoms with Crippen LogP contribution < -0.4 is 5.32 Å². The Labute approximate surface area is 142 Å². The zero-order chi connectivity index (χ0) is 16.9. The quantitative estimate of drug-likeness (QED) is 0.860. The number of fused-ring (bicyclic) bond motifs is 1. The predicted molar refractivity (Wildman–Crippen MR) is 89.6 cm³/mol. The van der Waals surface area contributed by atoms with Crippen molar-refractivity contribution in [3.8, 4) is 0 Å². The number of aromatic nitrogens is 1. The summed E-state index contributed by atoms with van der Waals surface area (Å²) in [4.78, 5) is 30.8. The van der Waals surface area contributed by atoms with Crippen LogP contribution in [0.4, 0.5) is 9.93 Å². The van der Waals surface area contributed by atoms with E-state index >= 15 is 0 Å². The number of amides is 2. The van der Waals surface area contributed by atoms with E-state index in [1.807, 2.05) is 0 Å². The summed E-state index contributed by atoms with van der Waals surface area (Å²) in [6, 6.07) is 3.56. The van der Waals surface area contributed by atoms with Crippen LogP contribution in [-0.2, 0) is 22.5 Å². The molecule has 8 heteroatoms. The fourth-order valence-corrected chi connectivity index (χ4v) is 3.35. The summed E-state index contributed by atoms with van der Waals surface area (Å²) in [7, 11) is 0. The van der Waals surface area contributed by atoms with Gasteiger partial charge < -0.3 is 14.1 Å². The molecule has 0 saturated carbocycles. The zero-order valence-corrected chi connectivity index (χ0v) is 14.0. The highest BCUT2D eigenvalue weighted by Gasteiger charge is 2.23. The van der Waals surface area contributed by atoms with Gasteiger partial charge in [0.1, 0.15) is 5.76 Å². The van der Waals surface area contributed by atoms with E-state index in [1.54, 1.807) is 36.3 Å². The molecule has 0 radical (unpaired) electrons. The van der Waals surface area contributed by atoms with Crippen LogP contribution in [0.5, 0.6) is 0 Å². The number of furan rings is 1. The first-order chi connectivity index (χ1) is 11.7. The molecule has 0 spiro atoms. The molecule has 0 bridgehead atoms. The van der Waals surface area contributed by atoms with Gasteiger partial charge in [0.05, 0.1) is 25.1 Å². The van der Waals surface area contributed by atoms with Crippen LogP contribution in [0.1, 0.15) is 23.3 Å². The lowest BCUT2D eigenvalue weighted by molar-refractivity contribution is -0.126. The van der Waals surface area contributed by atoms with Gasteiger partial charge in [-0.15, -0.1) is 0 Å². The van der Waals surface area contributed by atoms with Crippen LogP contribution >= 0.6 is 11.3 Å². The van der Waals surface area contributed by atoms with Crippen LogP contribution in [0, 0.1) is 0 Å². The minimum atomic E-state index is -0.516. The summed E-state index contributed by atoms with van der Waals surface area (Å²) < 4.78 is 10.0. The third kappa shape index (κ3) is 3.83.